The number of hydrogen-bond donors (Lipinski definition) is 0. The molecular formula is C24H25N3O3. The molecule has 4 rings (SSSR count). The van der Waals surface area contributed by atoms with Crippen molar-refractivity contribution in [2.24, 2.45) is 0 Å². The van der Waals surface area contributed by atoms with E-state index in [1.165, 1.54) is 0 Å². The highest BCUT2D eigenvalue weighted by Crippen LogP contribution is 2.39. The van der Waals surface area contributed by atoms with Crippen LogP contribution < -0.4 is 0 Å². The number of rotatable bonds is 7. The van der Waals surface area contributed by atoms with Crippen LogP contribution in [0.3, 0.4) is 0 Å². The van der Waals surface area contributed by atoms with E-state index < -0.39 is 12.1 Å². The molecule has 3 aromatic rings. The van der Waals surface area contributed by atoms with Crippen LogP contribution in [0.5, 0.6) is 0 Å². The second-order valence-electron chi connectivity index (χ2n) is 7.70. The Bertz CT molecular complexity index is 1030. The van der Waals surface area contributed by atoms with Crippen molar-refractivity contribution in [3.05, 3.63) is 83.7 Å². The molecule has 0 saturated heterocycles. The van der Waals surface area contributed by atoms with E-state index in [0.29, 0.717) is 18.2 Å². The molecule has 0 spiro atoms. The van der Waals surface area contributed by atoms with Crippen molar-refractivity contribution in [2.75, 3.05) is 7.05 Å². The summed E-state index contributed by atoms with van der Waals surface area (Å²) in [7, 11) is 1.71. The van der Waals surface area contributed by atoms with Gasteiger partial charge in [0.2, 0.25) is 0 Å². The van der Waals surface area contributed by atoms with Crippen LogP contribution in [0.25, 0.3) is 5.69 Å². The fourth-order valence-electron chi connectivity index (χ4n) is 3.41. The molecule has 0 bridgehead atoms. The van der Waals surface area contributed by atoms with E-state index in [4.69, 9.17) is 4.74 Å². The summed E-state index contributed by atoms with van der Waals surface area (Å²) >= 11 is 0. The molecule has 6 heteroatoms. The highest BCUT2D eigenvalue weighted by molar-refractivity contribution is 5.91. The highest BCUT2D eigenvalue weighted by Gasteiger charge is 2.31. The first-order valence-electron chi connectivity index (χ1n) is 10.2. The predicted molar refractivity (Wildman–Crippen MR) is 113 cm³/mol. The molecule has 0 aliphatic heterocycles. The molecule has 1 atom stereocenters. The van der Waals surface area contributed by atoms with Gasteiger partial charge in [-0.2, -0.15) is 5.10 Å². The molecule has 0 unspecified atom stereocenters. The average Bonchev–Trinajstić information content (AvgIpc) is 3.52. The van der Waals surface area contributed by atoms with Crippen molar-refractivity contribution in [2.45, 2.75) is 38.3 Å². The molecule has 1 fully saturated rings. The van der Waals surface area contributed by atoms with Crippen molar-refractivity contribution < 1.29 is 14.3 Å². The van der Waals surface area contributed by atoms with Crippen molar-refractivity contribution in [3.63, 3.8) is 0 Å². The summed E-state index contributed by atoms with van der Waals surface area (Å²) in [6, 6.07) is 21.0. The minimum Gasteiger partial charge on any atom is -0.448 e. The lowest BCUT2D eigenvalue weighted by Gasteiger charge is -2.21. The quantitative estimate of drug-likeness (QED) is 0.560. The van der Waals surface area contributed by atoms with E-state index in [0.717, 1.165) is 29.8 Å². The summed E-state index contributed by atoms with van der Waals surface area (Å²) in [6.07, 6.45) is 1.27. The number of benzene rings is 2. The van der Waals surface area contributed by atoms with Gasteiger partial charge in [-0.3, -0.25) is 4.79 Å². The molecule has 0 N–H and O–H groups in total. The largest absolute Gasteiger partial charge is 0.448 e. The Hall–Kier alpha value is -3.41. The lowest BCUT2D eigenvalue weighted by atomic mass is 10.2. The lowest BCUT2D eigenvalue weighted by Crippen LogP contribution is -2.37. The maximum absolute atomic E-state index is 12.9. The van der Waals surface area contributed by atoms with Gasteiger partial charge in [-0.1, -0.05) is 48.5 Å². The number of likely N-dealkylation sites (N-methyl/N-ethyl adjacent to an activating group) is 1. The molecule has 1 aromatic heterocycles. The Kier molecular flexibility index (Phi) is 5.65. The first-order valence-corrected chi connectivity index (χ1v) is 10.2. The topological polar surface area (TPSA) is 64.4 Å². The number of amides is 1. The van der Waals surface area contributed by atoms with Crippen LogP contribution in [-0.4, -0.2) is 39.7 Å². The van der Waals surface area contributed by atoms with Gasteiger partial charge in [0.1, 0.15) is 0 Å². The van der Waals surface area contributed by atoms with Crippen molar-refractivity contribution in [1.82, 2.24) is 14.7 Å². The smallest absolute Gasteiger partial charge is 0.357 e. The molecule has 0 radical (unpaired) electrons. The molecule has 1 heterocycles. The number of ether oxygens (including phenoxy) is 1. The normalized spacial score (nSPS) is 14.2. The molecule has 154 valence electrons. The third-order valence-electron chi connectivity index (χ3n) is 5.20. The van der Waals surface area contributed by atoms with Gasteiger partial charge >= 0.3 is 5.97 Å². The number of nitrogens with zero attached hydrogens (tertiary/aromatic N) is 3. The summed E-state index contributed by atoms with van der Waals surface area (Å²) in [6.45, 7) is 2.06. The minimum absolute atomic E-state index is 0.250. The number of hydrogen-bond acceptors (Lipinski definition) is 4. The third kappa shape index (κ3) is 4.43. The number of carbonyl (C=O) groups excluding carboxylic acids is 2. The second kappa shape index (κ2) is 8.53. The number of para-hydroxylation sites is 1. The Balaban J connectivity index is 1.48. The summed E-state index contributed by atoms with van der Waals surface area (Å²) < 4.78 is 7.15. The zero-order valence-electron chi connectivity index (χ0n) is 17.2. The second-order valence-corrected chi connectivity index (χ2v) is 7.70. The van der Waals surface area contributed by atoms with E-state index in [1.54, 1.807) is 29.6 Å². The molecular weight excluding hydrogens is 378 g/mol. The average molecular weight is 403 g/mol. The van der Waals surface area contributed by atoms with Gasteiger partial charge in [-0.05, 0) is 43.5 Å². The Morgan fingerprint density at radius 2 is 1.73 bits per heavy atom. The van der Waals surface area contributed by atoms with Crippen LogP contribution in [0, 0.1) is 0 Å². The van der Waals surface area contributed by atoms with E-state index in [2.05, 4.69) is 5.10 Å². The van der Waals surface area contributed by atoms with Crippen molar-refractivity contribution in [1.29, 1.82) is 0 Å². The van der Waals surface area contributed by atoms with Gasteiger partial charge in [0, 0.05) is 19.5 Å². The number of aromatic nitrogens is 2. The molecule has 1 saturated carbocycles. The molecule has 1 aliphatic rings. The first-order chi connectivity index (χ1) is 14.5. The zero-order chi connectivity index (χ0) is 21.1. The number of carbonyl (C=O) groups is 2. The van der Waals surface area contributed by atoms with Crippen LogP contribution in [0.15, 0.2) is 66.7 Å². The number of esters is 1. The van der Waals surface area contributed by atoms with Crippen molar-refractivity contribution in [3.8, 4) is 5.69 Å². The van der Waals surface area contributed by atoms with Gasteiger partial charge in [0.05, 0.1) is 11.4 Å². The van der Waals surface area contributed by atoms with Crippen LogP contribution in [0.2, 0.25) is 0 Å². The third-order valence-corrected chi connectivity index (χ3v) is 5.20. The van der Waals surface area contributed by atoms with Gasteiger partial charge < -0.3 is 9.64 Å². The van der Waals surface area contributed by atoms with Crippen LogP contribution in [0.1, 0.15) is 47.4 Å². The van der Waals surface area contributed by atoms with Gasteiger partial charge in [-0.15, -0.1) is 0 Å². The summed E-state index contributed by atoms with van der Waals surface area (Å²) in [5, 5.41) is 4.63. The van der Waals surface area contributed by atoms with Crippen LogP contribution in [0.4, 0.5) is 0 Å². The lowest BCUT2D eigenvalue weighted by molar-refractivity contribution is -0.139. The van der Waals surface area contributed by atoms with Gasteiger partial charge in [0.15, 0.2) is 11.8 Å². The molecule has 2 aromatic carbocycles. The maximum atomic E-state index is 12.9. The molecule has 1 aliphatic carbocycles. The molecule has 1 amide bonds. The van der Waals surface area contributed by atoms with Gasteiger partial charge in [-0.25, -0.2) is 9.48 Å². The standard InChI is InChI=1S/C24H25N3O3/c1-17(23(28)26(2)16-18-9-5-3-6-10-18)30-24(29)22-15-21(19-13-14-19)25-27(22)20-11-7-4-8-12-20/h3-12,15,17,19H,13-14,16H2,1-2H3/t17-/m0/s1. The monoisotopic (exact) mass is 403 g/mol. The van der Waals surface area contributed by atoms with E-state index >= 15 is 0 Å². The van der Waals surface area contributed by atoms with E-state index in [-0.39, 0.29) is 5.91 Å². The van der Waals surface area contributed by atoms with Gasteiger partial charge in [0.25, 0.3) is 5.91 Å². The molecule has 30 heavy (non-hydrogen) atoms. The summed E-state index contributed by atoms with van der Waals surface area (Å²) in [5.74, 6) is -0.398. The van der Waals surface area contributed by atoms with Crippen LogP contribution in [-0.2, 0) is 16.1 Å². The maximum Gasteiger partial charge on any atom is 0.357 e. The van der Waals surface area contributed by atoms with Crippen molar-refractivity contribution >= 4 is 11.9 Å². The Morgan fingerprint density at radius 1 is 1.10 bits per heavy atom. The van der Waals surface area contributed by atoms with Crippen LogP contribution >= 0.6 is 0 Å². The highest BCUT2D eigenvalue weighted by atomic mass is 16.5. The Morgan fingerprint density at radius 3 is 2.37 bits per heavy atom. The fourth-order valence-corrected chi connectivity index (χ4v) is 3.41. The van der Waals surface area contributed by atoms with E-state index in [9.17, 15) is 9.59 Å². The molecule has 6 nitrogen and oxygen atoms in total. The minimum atomic E-state index is -0.894. The Labute approximate surface area is 176 Å². The fraction of sp³-hybridized carbons (Fsp3) is 0.292. The SMILES string of the molecule is C[C@H](OC(=O)c1cc(C2CC2)nn1-c1ccccc1)C(=O)N(C)Cc1ccccc1. The van der Waals surface area contributed by atoms with E-state index in [1.807, 2.05) is 60.7 Å². The summed E-state index contributed by atoms with van der Waals surface area (Å²) in [4.78, 5) is 27.2. The zero-order valence-corrected chi connectivity index (χ0v) is 17.2. The predicted octanol–water partition coefficient (Wildman–Crippen LogP) is 3.95. The first kappa shape index (κ1) is 19.9. The summed E-state index contributed by atoms with van der Waals surface area (Å²) in [5.41, 5.74) is 3.04.